The van der Waals surface area contributed by atoms with Gasteiger partial charge in [-0.15, -0.1) is 0 Å². The van der Waals surface area contributed by atoms with Gasteiger partial charge in [0.2, 0.25) is 0 Å². The van der Waals surface area contributed by atoms with Crippen LogP contribution in [0, 0.1) is 0 Å². The molecule has 1 N–H and O–H groups in total. The van der Waals surface area contributed by atoms with Crippen LogP contribution < -0.4 is 4.74 Å². The standard InChI is InChI=1S/C25H29N3O2/c1-4-6-15-28(5-2)25(29)18-9-7-17(8-10-18)23-22-13-11-19-16-20(30-3)12-14-21(19)24(22)27-26-23/h7-10,12,14,16H,4-6,11,13,15H2,1-3H3,(H,26,27). The van der Waals surface area contributed by atoms with Crippen molar-refractivity contribution in [2.45, 2.75) is 39.5 Å². The van der Waals surface area contributed by atoms with E-state index in [1.54, 1.807) is 7.11 Å². The van der Waals surface area contributed by atoms with E-state index in [1.807, 2.05) is 42.2 Å². The van der Waals surface area contributed by atoms with Crippen molar-refractivity contribution in [3.8, 4) is 28.3 Å². The quantitative estimate of drug-likeness (QED) is 0.596. The first-order valence-corrected chi connectivity index (χ1v) is 10.8. The van der Waals surface area contributed by atoms with Crippen LogP contribution in [0.3, 0.4) is 0 Å². The second-order valence-electron chi connectivity index (χ2n) is 7.76. The van der Waals surface area contributed by atoms with E-state index in [-0.39, 0.29) is 5.91 Å². The minimum Gasteiger partial charge on any atom is -0.497 e. The second kappa shape index (κ2) is 8.74. The number of benzene rings is 2. The number of methoxy groups -OCH3 is 1. The zero-order valence-corrected chi connectivity index (χ0v) is 18.0. The average Bonchev–Trinajstić information content (AvgIpc) is 3.23. The van der Waals surface area contributed by atoms with Crippen molar-refractivity contribution in [3.63, 3.8) is 0 Å². The highest BCUT2D eigenvalue weighted by Gasteiger charge is 2.23. The Bertz CT molecular complexity index is 1040. The Balaban J connectivity index is 1.59. The van der Waals surface area contributed by atoms with Crippen molar-refractivity contribution in [2.24, 2.45) is 0 Å². The van der Waals surface area contributed by atoms with Crippen molar-refractivity contribution in [2.75, 3.05) is 20.2 Å². The van der Waals surface area contributed by atoms with Gasteiger partial charge < -0.3 is 9.64 Å². The minimum atomic E-state index is 0.101. The lowest BCUT2D eigenvalue weighted by Gasteiger charge is -2.20. The average molecular weight is 404 g/mol. The van der Waals surface area contributed by atoms with Gasteiger partial charge in [0.15, 0.2) is 0 Å². The Hall–Kier alpha value is -3.08. The van der Waals surface area contributed by atoms with E-state index in [1.165, 1.54) is 16.7 Å². The molecule has 5 nitrogen and oxygen atoms in total. The van der Waals surface area contributed by atoms with E-state index in [2.05, 4.69) is 29.3 Å². The summed E-state index contributed by atoms with van der Waals surface area (Å²) in [6, 6.07) is 14.1. The number of unbranched alkanes of at least 4 members (excludes halogenated alkanes) is 1. The summed E-state index contributed by atoms with van der Waals surface area (Å²) in [6.45, 7) is 5.72. The number of rotatable bonds is 7. The predicted octanol–water partition coefficient (Wildman–Crippen LogP) is 5.11. The van der Waals surface area contributed by atoms with Crippen LogP contribution >= 0.6 is 0 Å². The molecule has 2 aromatic carbocycles. The molecule has 5 heteroatoms. The van der Waals surface area contributed by atoms with Gasteiger partial charge in [0.05, 0.1) is 18.5 Å². The fourth-order valence-electron chi connectivity index (χ4n) is 4.18. The van der Waals surface area contributed by atoms with Crippen molar-refractivity contribution in [1.82, 2.24) is 15.1 Å². The molecule has 0 unspecified atom stereocenters. The van der Waals surface area contributed by atoms with Crippen LogP contribution in [-0.2, 0) is 12.8 Å². The highest BCUT2D eigenvalue weighted by molar-refractivity contribution is 5.94. The van der Waals surface area contributed by atoms with Gasteiger partial charge in [-0.25, -0.2) is 0 Å². The molecule has 156 valence electrons. The lowest BCUT2D eigenvalue weighted by Crippen LogP contribution is -2.31. The van der Waals surface area contributed by atoms with Gasteiger partial charge in [-0.05, 0) is 62.1 Å². The topological polar surface area (TPSA) is 58.2 Å². The maximum Gasteiger partial charge on any atom is 0.253 e. The third-order valence-corrected chi connectivity index (χ3v) is 5.95. The van der Waals surface area contributed by atoms with Gasteiger partial charge >= 0.3 is 0 Å². The monoisotopic (exact) mass is 403 g/mol. The number of nitrogens with zero attached hydrogens (tertiary/aromatic N) is 2. The van der Waals surface area contributed by atoms with E-state index in [0.29, 0.717) is 0 Å². The summed E-state index contributed by atoms with van der Waals surface area (Å²) < 4.78 is 5.36. The predicted molar refractivity (Wildman–Crippen MR) is 120 cm³/mol. The number of hydrogen-bond acceptors (Lipinski definition) is 3. The molecule has 30 heavy (non-hydrogen) atoms. The Kier molecular flexibility index (Phi) is 5.88. The largest absolute Gasteiger partial charge is 0.497 e. The molecular weight excluding hydrogens is 374 g/mol. The highest BCUT2D eigenvalue weighted by Crippen LogP contribution is 2.38. The van der Waals surface area contributed by atoms with Crippen molar-refractivity contribution in [1.29, 1.82) is 0 Å². The Labute approximate surface area is 178 Å². The first kappa shape index (κ1) is 20.2. The maximum absolute atomic E-state index is 12.8. The number of aryl methyl sites for hydroxylation is 1. The third-order valence-electron chi connectivity index (χ3n) is 5.95. The van der Waals surface area contributed by atoms with Gasteiger partial charge in [-0.2, -0.15) is 5.10 Å². The number of amides is 1. The number of fused-ring (bicyclic) bond motifs is 3. The summed E-state index contributed by atoms with van der Waals surface area (Å²) in [6.07, 6.45) is 4.02. The van der Waals surface area contributed by atoms with E-state index in [9.17, 15) is 4.79 Å². The Morgan fingerprint density at radius 1 is 1.13 bits per heavy atom. The number of hydrogen-bond donors (Lipinski definition) is 1. The van der Waals surface area contributed by atoms with Crippen LogP contribution in [0.5, 0.6) is 5.75 Å². The van der Waals surface area contributed by atoms with Crippen molar-refractivity contribution < 1.29 is 9.53 Å². The summed E-state index contributed by atoms with van der Waals surface area (Å²) in [5.41, 5.74) is 7.55. The van der Waals surface area contributed by atoms with Gasteiger partial charge in [-0.3, -0.25) is 9.89 Å². The molecule has 0 saturated carbocycles. The first-order valence-electron chi connectivity index (χ1n) is 10.8. The van der Waals surface area contributed by atoms with Crippen LogP contribution in [0.15, 0.2) is 42.5 Å². The van der Waals surface area contributed by atoms with Crippen molar-refractivity contribution >= 4 is 5.91 Å². The smallest absolute Gasteiger partial charge is 0.253 e. The van der Waals surface area contributed by atoms with Gasteiger partial charge in [0, 0.05) is 35.3 Å². The SMILES string of the molecule is CCCCN(CC)C(=O)c1ccc(-c2n[nH]c3c2CCc2cc(OC)ccc2-3)cc1. The summed E-state index contributed by atoms with van der Waals surface area (Å²) in [5, 5.41) is 7.86. The van der Waals surface area contributed by atoms with Crippen LogP contribution in [0.2, 0.25) is 0 Å². The molecule has 1 aromatic heterocycles. The molecule has 3 aromatic rings. The minimum absolute atomic E-state index is 0.101. The zero-order chi connectivity index (χ0) is 21.1. The lowest BCUT2D eigenvalue weighted by molar-refractivity contribution is 0.0762. The van der Waals surface area contributed by atoms with Gasteiger partial charge in [0.25, 0.3) is 5.91 Å². The van der Waals surface area contributed by atoms with Crippen LogP contribution in [0.1, 0.15) is 48.2 Å². The first-order chi connectivity index (χ1) is 14.7. The highest BCUT2D eigenvalue weighted by atomic mass is 16.5. The molecule has 0 fully saturated rings. The number of ether oxygens (including phenoxy) is 1. The number of carbonyl (C=O) groups excluding carboxylic acids is 1. The fraction of sp³-hybridized carbons (Fsp3) is 0.360. The number of carbonyl (C=O) groups is 1. The van der Waals surface area contributed by atoms with E-state index in [4.69, 9.17) is 4.74 Å². The van der Waals surface area contributed by atoms with Gasteiger partial charge in [-0.1, -0.05) is 25.5 Å². The van der Waals surface area contributed by atoms with Crippen LogP contribution in [0.25, 0.3) is 22.5 Å². The normalized spacial score (nSPS) is 12.2. The molecule has 0 spiro atoms. The van der Waals surface area contributed by atoms with E-state index < -0.39 is 0 Å². The summed E-state index contributed by atoms with van der Waals surface area (Å²) in [4.78, 5) is 14.7. The zero-order valence-electron chi connectivity index (χ0n) is 18.0. The van der Waals surface area contributed by atoms with Crippen molar-refractivity contribution in [3.05, 3.63) is 59.2 Å². The molecule has 4 rings (SSSR count). The molecule has 1 amide bonds. The Morgan fingerprint density at radius 3 is 2.63 bits per heavy atom. The summed E-state index contributed by atoms with van der Waals surface area (Å²) >= 11 is 0. The van der Waals surface area contributed by atoms with Gasteiger partial charge in [0.1, 0.15) is 5.75 Å². The molecule has 0 bridgehead atoms. The fourth-order valence-corrected chi connectivity index (χ4v) is 4.18. The maximum atomic E-state index is 12.8. The molecule has 0 radical (unpaired) electrons. The molecule has 0 aliphatic heterocycles. The summed E-state index contributed by atoms with van der Waals surface area (Å²) in [5.74, 6) is 0.988. The van der Waals surface area contributed by atoms with E-state index >= 15 is 0 Å². The number of aromatic amines is 1. The lowest BCUT2D eigenvalue weighted by atomic mass is 9.87. The molecular formula is C25H29N3O2. The molecule has 0 saturated heterocycles. The summed E-state index contributed by atoms with van der Waals surface area (Å²) in [7, 11) is 1.70. The van der Waals surface area contributed by atoms with E-state index in [0.717, 1.165) is 67.0 Å². The molecule has 1 aliphatic carbocycles. The number of nitrogens with one attached hydrogen (secondary N) is 1. The Morgan fingerprint density at radius 2 is 1.93 bits per heavy atom. The van der Waals surface area contributed by atoms with Crippen LogP contribution in [-0.4, -0.2) is 41.2 Å². The third kappa shape index (κ3) is 3.72. The second-order valence-corrected chi connectivity index (χ2v) is 7.76. The number of aromatic nitrogens is 2. The molecule has 1 aliphatic rings. The van der Waals surface area contributed by atoms with Crippen LogP contribution in [0.4, 0.5) is 0 Å². The number of H-pyrrole nitrogens is 1. The molecule has 1 heterocycles. The molecule has 0 atom stereocenters.